The Hall–Kier alpha value is -2.14. The minimum atomic E-state index is -0.0555. The third kappa shape index (κ3) is 3.99. The molecule has 0 spiro atoms. The molecule has 0 radical (unpaired) electrons. The average Bonchev–Trinajstić information content (AvgIpc) is 3.04. The summed E-state index contributed by atoms with van der Waals surface area (Å²) in [5.74, 6) is 0.446. The third-order valence-corrected chi connectivity index (χ3v) is 4.12. The number of ether oxygens (including phenoxy) is 1. The number of carbonyl (C=O) groups is 1. The largest absolute Gasteiger partial charge is 0.381 e. The number of nitrogens with one attached hydrogen (secondary N) is 1. The number of rotatable bonds is 5. The molecule has 0 bridgehead atoms. The molecule has 1 atom stereocenters. The Morgan fingerprint density at radius 2 is 2.30 bits per heavy atom. The first-order chi connectivity index (χ1) is 11.3. The maximum atomic E-state index is 12.4. The van der Waals surface area contributed by atoms with Crippen LogP contribution in [0.15, 0.2) is 36.5 Å². The minimum absolute atomic E-state index is 0.0555. The molecule has 1 saturated heterocycles. The first-order valence-electron chi connectivity index (χ1n) is 8.24. The summed E-state index contributed by atoms with van der Waals surface area (Å²) in [7, 11) is 0. The number of hydrogen-bond donors (Lipinski definition) is 1. The van der Waals surface area contributed by atoms with E-state index in [9.17, 15) is 4.79 Å². The summed E-state index contributed by atoms with van der Waals surface area (Å²) in [6.07, 6.45) is 3.75. The summed E-state index contributed by atoms with van der Waals surface area (Å²) in [5, 5.41) is 3.97. The van der Waals surface area contributed by atoms with Gasteiger partial charge in [0.2, 0.25) is 0 Å². The summed E-state index contributed by atoms with van der Waals surface area (Å²) in [5.41, 5.74) is 1.67. The quantitative estimate of drug-likeness (QED) is 0.859. The highest BCUT2D eigenvalue weighted by Crippen LogP contribution is 2.20. The summed E-state index contributed by atoms with van der Waals surface area (Å²) < 4.78 is 5.59. The molecule has 1 aromatic carbocycles. The number of fused-ring (bicyclic) bond motifs is 1. The van der Waals surface area contributed by atoms with Gasteiger partial charge in [0.25, 0.3) is 0 Å². The van der Waals surface area contributed by atoms with E-state index >= 15 is 0 Å². The molecule has 2 amide bonds. The molecule has 1 aromatic heterocycles. The first-order valence-corrected chi connectivity index (χ1v) is 8.24. The second-order valence-electron chi connectivity index (χ2n) is 6.02. The highest BCUT2D eigenvalue weighted by atomic mass is 16.5. The molecule has 2 heterocycles. The number of hydrogen-bond acceptors (Lipinski definition) is 3. The van der Waals surface area contributed by atoms with Crippen LogP contribution in [-0.2, 0) is 4.74 Å². The first kappa shape index (κ1) is 15.7. The van der Waals surface area contributed by atoms with Crippen molar-refractivity contribution < 1.29 is 9.53 Å². The molecule has 5 heteroatoms. The van der Waals surface area contributed by atoms with E-state index in [1.807, 2.05) is 35.2 Å². The smallest absolute Gasteiger partial charge is 0.321 e. The van der Waals surface area contributed by atoms with Crippen LogP contribution in [0.5, 0.6) is 0 Å². The Kier molecular flexibility index (Phi) is 5.08. The number of amides is 2. The molecule has 1 fully saturated rings. The number of anilines is 1. The molecule has 0 aliphatic carbocycles. The SMILES string of the molecule is CCCOCC1CCN(C(=O)Nc2cnc3ccccc3c2)C1. The van der Waals surface area contributed by atoms with Crippen molar-refractivity contribution >= 4 is 22.6 Å². The van der Waals surface area contributed by atoms with Crippen LogP contribution in [0.4, 0.5) is 10.5 Å². The number of aromatic nitrogens is 1. The highest BCUT2D eigenvalue weighted by Gasteiger charge is 2.26. The average molecular weight is 313 g/mol. The van der Waals surface area contributed by atoms with Crippen LogP contribution in [0, 0.1) is 5.92 Å². The van der Waals surface area contributed by atoms with Crippen LogP contribution in [0.25, 0.3) is 10.9 Å². The fourth-order valence-electron chi connectivity index (χ4n) is 2.89. The number of likely N-dealkylation sites (tertiary alicyclic amines) is 1. The molecule has 3 rings (SSSR count). The molecule has 1 aliphatic heterocycles. The molecular weight excluding hydrogens is 290 g/mol. The molecule has 2 aromatic rings. The highest BCUT2D eigenvalue weighted by molar-refractivity contribution is 5.92. The van der Waals surface area contributed by atoms with E-state index < -0.39 is 0 Å². The standard InChI is InChI=1S/C18H23N3O2/c1-2-9-23-13-14-7-8-21(12-14)18(22)20-16-10-15-5-3-4-6-17(15)19-11-16/h3-6,10-11,14H,2,7-9,12-13H2,1H3,(H,20,22). The predicted octanol–water partition coefficient (Wildman–Crippen LogP) is 3.52. The lowest BCUT2D eigenvalue weighted by Gasteiger charge is -2.17. The zero-order valence-corrected chi connectivity index (χ0v) is 13.5. The number of urea groups is 1. The maximum absolute atomic E-state index is 12.4. The van der Waals surface area contributed by atoms with Crippen molar-refractivity contribution in [3.63, 3.8) is 0 Å². The molecule has 122 valence electrons. The summed E-state index contributed by atoms with van der Waals surface area (Å²) in [4.78, 5) is 18.6. The molecule has 0 saturated carbocycles. The van der Waals surface area contributed by atoms with E-state index in [1.54, 1.807) is 6.20 Å². The van der Waals surface area contributed by atoms with Crippen molar-refractivity contribution in [3.05, 3.63) is 36.5 Å². The van der Waals surface area contributed by atoms with Crippen molar-refractivity contribution in [2.75, 3.05) is 31.6 Å². The summed E-state index contributed by atoms with van der Waals surface area (Å²) >= 11 is 0. The van der Waals surface area contributed by atoms with E-state index in [2.05, 4.69) is 17.2 Å². The van der Waals surface area contributed by atoms with E-state index in [4.69, 9.17) is 4.74 Å². The van der Waals surface area contributed by atoms with Crippen LogP contribution in [0.1, 0.15) is 19.8 Å². The number of nitrogens with zero attached hydrogens (tertiary/aromatic N) is 2. The second kappa shape index (κ2) is 7.42. The van der Waals surface area contributed by atoms with Gasteiger partial charge in [0.1, 0.15) is 0 Å². The van der Waals surface area contributed by atoms with Gasteiger partial charge >= 0.3 is 6.03 Å². The van der Waals surface area contributed by atoms with Gasteiger partial charge in [0.15, 0.2) is 0 Å². The zero-order valence-electron chi connectivity index (χ0n) is 13.5. The van der Waals surface area contributed by atoms with Gasteiger partial charge in [-0.05, 0) is 25.0 Å². The van der Waals surface area contributed by atoms with Crippen LogP contribution < -0.4 is 5.32 Å². The lowest BCUT2D eigenvalue weighted by Crippen LogP contribution is -2.33. The second-order valence-corrected chi connectivity index (χ2v) is 6.02. The third-order valence-electron chi connectivity index (χ3n) is 4.12. The molecular formula is C18H23N3O2. The lowest BCUT2D eigenvalue weighted by molar-refractivity contribution is 0.103. The fourth-order valence-corrected chi connectivity index (χ4v) is 2.89. The van der Waals surface area contributed by atoms with Gasteiger partial charge in [-0.2, -0.15) is 0 Å². The van der Waals surface area contributed by atoms with Crippen LogP contribution in [0.3, 0.4) is 0 Å². The molecule has 1 N–H and O–H groups in total. The number of carbonyl (C=O) groups excluding carboxylic acids is 1. The molecule has 5 nitrogen and oxygen atoms in total. The summed E-state index contributed by atoms with van der Waals surface area (Å²) in [6.45, 7) is 5.19. The molecule has 23 heavy (non-hydrogen) atoms. The van der Waals surface area contributed by atoms with E-state index in [1.165, 1.54) is 0 Å². The monoisotopic (exact) mass is 313 g/mol. The number of pyridine rings is 1. The zero-order chi connectivity index (χ0) is 16.1. The normalized spacial score (nSPS) is 17.6. The van der Waals surface area contributed by atoms with Crippen molar-refractivity contribution in [2.45, 2.75) is 19.8 Å². The van der Waals surface area contributed by atoms with E-state index in [0.29, 0.717) is 5.92 Å². The molecule has 1 aliphatic rings. The Balaban J connectivity index is 1.56. The maximum Gasteiger partial charge on any atom is 0.321 e. The lowest BCUT2D eigenvalue weighted by atomic mass is 10.1. The fraction of sp³-hybridized carbons (Fsp3) is 0.444. The predicted molar refractivity (Wildman–Crippen MR) is 91.6 cm³/mol. The molecule has 1 unspecified atom stereocenters. The van der Waals surface area contributed by atoms with Gasteiger partial charge in [0, 0.05) is 31.0 Å². The van der Waals surface area contributed by atoms with E-state index in [-0.39, 0.29) is 6.03 Å². The van der Waals surface area contributed by atoms with Gasteiger partial charge in [-0.3, -0.25) is 4.98 Å². The Labute approximate surface area is 136 Å². The van der Waals surface area contributed by atoms with Crippen molar-refractivity contribution in [3.8, 4) is 0 Å². The van der Waals surface area contributed by atoms with Crippen LogP contribution in [-0.4, -0.2) is 42.2 Å². The Morgan fingerprint density at radius 1 is 1.43 bits per heavy atom. The van der Waals surface area contributed by atoms with Crippen LogP contribution >= 0.6 is 0 Å². The van der Waals surface area contributed by atoms with Gasteiger partial charge < -0.3 is 15.0 Å². The van der Waals surface area contributed by atoms with Gasteiger partial charge in [-0.25, -0.2) is 4.79 Å². The number of benzene rings is 1. The van der Waals surface area contributed by atoms with Crippen molar-refractivity contribution in [2.24, 2.45) is 5.92 Å². The van der Waals surface area contributed by atoms with Crippen molar-refractivity contribution in [1.82, 2.24) is 9.88 Å². The van der Waals surface area contributed by atoms with Gasteiger partial charge in [-0.1, -0.05) is 25.1 Å². The van der Waals surface area contributed by atoms with Gasteiger partial charge in [-0.15, -0.1) is 0 Å². The van der Waals surface area contributed by atoms with E-state index in [0.717, 1.165) is 55.7 Å². The number of para-hydroxylation sites is 1. The Bertz CT molecular complexity index is 674. The van der Waals surface area contributed by atoms with Crippen molar-refractivity contribution in [1.29, 1.82) is 0 Å². The van der Waals surface area contributed by atoms with Gasteiger partial charge in [0.05, 0.1) is 24.0 Å². The summed E-state index contributed by atoms with van der Waals surface area (Å²) in [6, 6.07) is 9.78. The topological polar surface area (TPSA) is 54.5 Å². The Morgan fingerprint density at radius 3 is 3.17 bits per heavy atom. The minimum Gasteiger partial charge on any atom is -0.381 e. The van der Waals surface area contributed by atoms with Crippen LogP contribution in [0.2, 0.25) is 0 Å².